The Morgan fingerprint density at radius 1 is 1.03 bits per heavy atom. The maximum Gasteiger partial charge on any atom is 0.230 e. The number of benzene rings is 1. The molecule has 1 aromatic carbocycles. The van der Waals surface area contributed by atoms with Crippen LogP contribution in [0.1, 0.15) is 44.1 Å². The molecule has 4 fully saturated rings. The molecule has 164 valence electrons. The lowest BCUT2D eigenvalue weighted by Crippen LogP contribution is -2.49. The first kappa shape index (κ1) is 20.3. The molecule has 3 heterocycles. The maximum absolute atomic E-state index is 13.7. The molecule has 1 aliphatic carbocycles. The summed E-state index contributed by atoms with van der Waals surface area (Å²) in [7, 11) is 3.94. The van der Waals surface area contributed by atoms with Crippen LogP contribution in [0, 0.1) is 16.7 Å². The van der Waals surface area contributed by atoms with E-state index in [-0.39, 0.29) is 5.41 Å². The van der Waals surface area contributed by atoms with Crippen molar-refractivity contribution in [3.63, 3.8) is 0 Å². The lowest BCUT2D eigenvalue weighted by molar-refractivity contribution is -0.142. The van der Waals surface area contributed by atoms with Crippen LogP contribution in [0.25, 0.3) is 0 Å². The maximum atomic E-state index is 13.7. The Balaban J connectivity index is 1.27. The highest BCUT2D eigenvalue weighted by atomic mass is 16.5. The molecule has 0 aromatic heterocycles. The lowest BCUT2D eigenvalue weighted by Gasteiger charge is -2.45. The zero-order chi connectivity index (χ0) is 20.8. The van der Waals surface area contributed by atoms with Crippen molar-refractivity contribution in [1.29, 1.82) is 0 Å². The number of likely N-dealkylation sites (tertiary alicyclic amines) is 3. The lowest BCUT2D eigenvalue weighted by atomic mass is 9.65. The van der Waals surface area contributed by atoms with Crippen LogP contribution in [-0.2, 0) is 11.3 Å². The van der Waals surface area contributed by atoms with Gasteiger partial charge in [0, 0.05) is 32.7 Å². The summed E-state index contributed by atoms with van der Waals surface area (Å²) < 4.78 is 5.29. The highest BCUT2D eigenvalue weighted by Crippen LogP contribution is 2.62. The zero-order valence-electron chi connectivity index (χ0n) is 18.7. The molecule has 3 aliphatic heterocycles. The first-order chi connectivity index (χ1) is 14.5. The van der Waals surface area contributed by atoms with E-state index in [2.05, 4.69) is 46.0 Å². The van der Waals surface area contributed by atoms with Gasteiger partial charge in [-0.2, -0.15) is 0 Å². The summed E-state index contributed by atoms with van der Waals surface area (Å²) in [6, 6.07) is 8.49. The number of ether oxygens (including phenoxy) is 1. The summed E-state index contributed by atoms with van der Waals surface area (Å²) in [6.07, 6.45) is 7.23. The SMILES string of the molecule is COc1ccc(CN2CCC3(CC2)CC[C@@]2(C(=O)N4CCCC4)CN(C)C[C@@H]32)cc1. The van der Waals surface area contributed by atoms with E-state index in [9.17, 15) is 4.79 Å². The Labute approximate surface area is 181 Å². The van der Waals surface area contributed by atoms with Crippen LogP contribution in [0.15, 0.2) is 24.3 Å². The van der Waals surface area contributed by atoms with E-state index < -0.39 is 0 Å². The predicted octanol–water partition coefficient (Wildman–Crippen LogP) is 3.24. The van der Waals surface area contributed by atoms with Crippen molar-refractivity contribution in [2.24, 2.45) is 16.7 Å². The Bertz CT molecular complexity index is 765. The highest BCUT2D eigenvalue weighted by Gasteiger charge is 2.64. The molecular formula is C25H37N3O2. The number of hydrogen-bond acceptors (Lipinski definition) is 4. The molecular weight excluding hydrogens is 374 g/mol. The summed E-state index contributed by atoms with van der Waals surface area (Å²) in [6.45, 7) is 7.38. The number of rotatable bonds is 4. The Hall–Kier alpha value is -1.59. The largest absolute Gasteiger partial charge is 0.497 e. The third kappa shape index (κ3) is 3.34. The summed E-state index contributed by atoms with van der Waals surface area (Å²) >= 11 is 0. The fraction of sp³-hybridized carbons (Fsp3) is 0.720. The first-order valence-corrected chi connectivity index (χ1v) is 11.9. The van der Waals surface area contributed by atoms with Gasteiger partial charge in [-0.05, 0) is 87.7 Å². The van der Waals surface area contributed by atoms with Crippen LogP contribution in [0.3, 0.4) is 0 Å². The van der Waals surface area contributed by atoms with Crippen LogP contribution in [0.2, 0.25) is 0 Å². The molecule has 0 radical (unpaired) electrons. The fourth-order valence-corrected chi connectivity index (χ4v) is 7.12. The van der Waals surface area contributed by atoms with Gasteiger partial charge in [0.2, 0.25) is 5.91 Å². The van der Waals surface area contributed by atoms with Crippen molar-refractivity contribution in [1.82, 2.24) is 14.7 Å². The molecule has 5 heteroatoms. The number of hydrogen-bond donors (Lipinski definition) is 0. The minimum Gasteiger partial charge on any atom is -0.497 e. The van der Waals surface area contributed by atoms with Gasteiger partial charge in [-0.15, -0.1) is 0 Å². The minimum absolute atomic E-state index is 0.1000. The van der Waals surface area contributed by atoms with Gasteiger partial charge in [-0.3, -0.25) is 9.69 Å². The number of nitrogens with zero attached hydrogens (tertiary/aromatic N) is 3. The minimum atomic E-state index is -0.1000. The zero-order valence-corrected chi connectivity index (χ0v) is 18.7. The summed E-state index contributed by atoms with van der Waals surface area (Å²) in [5.74, 6) is 1.96. The molecule has 0 N–H and O–H groups in total. The summed E-state index contributed by atoms with van der Waals surface area (Å²) in [5.41, 5.74) is 1.63. The van der Waals surface area contributed by atoms with Crippen molar-refractivity contribution in [2.75, 3.05) is 53.4 Å². The van der Waals surface area contributed by atoms with E-state index >= 15 is 0 Å². The van der Waals surface area contributed by atoms with Crippen molar-refractivity contribution in [3.05, 3.63) is 29.8 Å². The third-order valence-electron chi connectivity index (χ3n) is 8.76. The van der Waals surface area contributed by atoms with E-state index in [0.717, 1.165) is 58.0 Å². The van der Waals surface area contributed by atoms with E-state index in [1.807, 2.05) is 0 Å². The Morgan fingerprint density at radius 2 is 1.73 bits per heavy atom. The van der Waals surface area contributed by atoms with Crippen molar-refractivity contribution in [3.8, 4) is 5.75 Å². The van der Waals surface area contributed by atoms with Crippen LogP contribution < -0.4 is 4.74 Å². The quantitative estimate of drug-likeness (QED) is 0.762. The van der Waals surface area contributed by atoms with Gasteiger partial charge >= 0.3 is 0 Å². The Kier molecular flexibility index (Phi) is 5.30. The van der Waals surface area contributed by atoms with Crippen molar-refractivity contribution >= 4 is 5.91 Å². The van der Waals surface area contributed by atoms with Gasteiger partial charge in [0.1, 0.15) is 5.75 Å². The number of methoxy groups -OCH3 is 1. The summed E-state index contributed by atoms with van der Waals surface area (Å²) in [4.78, 5) is 20.9. The summed E-state index contributed by atoms with van der Waals surface area (Å²) in [5, 5.41) is 0. The molecule has 5 rings (SSSR count). The molecule has 0 unspecified atom stereocenters. The van der Waals surface area contributed by atoms with Crippen LogP contribution in [0.4, 0.5) is 0 Å². The fourth-order valence-electron chi connectivity index (χ4n) is 7.12. The number of carbonyl (C=O) groups excluding carboxylic acids is 1. The average molecular weight is 412 g/mol. The van der Waals surface area contributed by atoms with Gasteiger partial charge < -0.3 is 14.5 Å². The van der Waals surface area contributed by atoms with E-state index in [1.54, 1.807) is 7.11 Å². The molecule has 2 atom stereocenters. The van der Waals surface area contributed by atoms with Gasteiger partial charge in [0.15, 0.2) is 0 Å². The van der Waals surface area contributed by atoms with Crippen LogP contribution >= 0.6 is 0 Å². The van der Waals surface area contributed by atoms with Crippen molar-refractivity contribution < 1.29 is 9.53 Å². The molecule has 30 heavy (non-hydrogen) atoms. The number of piperidine rings is 1. The Morgan fingerprint density at radius 3 is 2.40 bits per heavy atom. The smallest absolute Gasteiger partial charge is 0.230 e. The molecule has 5 nitrogen and oxygen atoms in total. The number of carbonyl (C=O) groups is 1. The van der Waals surface area contributed by atoms with E-state index in [4.69, 9.17) is 4.74 Å². The second-order valence-electron chi connectivity index (χ2n) is 10.4. The standard InChI is InChI=1S/C25H37N3O2/c1-26-18-22-24(9-10-25(22,19-26)23(29)28-13-3-4-14-28)11-15-27(16-12-24)17-20-5-7-21(30-2)8-6-20/h5-8,22H,3-4,9-19H2,1-2H3/t22-,25+/m0/s1. The number of amides is 1. The first-order valence-electron chi connectivity index (χ1n) is 11.9. The monoisotopic (exact) mass is 411 g/mol. The molecule has 0 bridgehead atoms. The van der Waals surface area contributed by atoms with Gasteiger partial charge in [0.25, 0.3) is 0 Å². The molecule has 1 spiro atoms. The van der Waals surface area contributed by atoms with Crippen molar-refractivity contribution in [2.45, 2.75) is 45.1 Å². The number of fused-ring (bicyclic) bond motifs is 2. The predicted molar refractivity (Wildman–Crippen MR) is 118 cm³/mol. The van der Waals surface area contributed by atoms with Gasteiger partial charge in [0.05, 0.1) is 12.5 Å². The molecule has 1 amide bonds. The highest BCUT2D eigenvalue weighted by molar-refractivity contribution is 5.84. The van der Waals surface area contributed by atoms with E-state index in [0.29, 0.717) is 17.2 Å². The van der Waals surface area contributed by atoms with Gasteiger partial charge in [-0.1, -0.05) is 12.1 Å². The topological polar surface area (TPSA) is 36.0 Å². The second-order valence-corrected chi connectivity index (χ2v) is 10.4. The van der Waals surface area contributed by atoms with Crippen LogP contribution in [0.5, 0.6) is 5.75 Å². The van der Waals surface area contributed by atoms with Gasteiger partial charge in [-0.25, -0.2) is 0 Å². The molecule has 1 saturated carbocycles. The molecule has 3 saturated heterocycles. The molecule has 4 aliphatic rings. The third-order valence-corrected chi connectivity index (χ3v) is 8.76. The van der Waals surface area contributed by atoms with Crippen LogP contribution in [-0.4, -0.2) is 74.0 Å². The normalized spacial score (nSPS) is 31.4. The van der Waals surface area contributed by atoms with E-state index in [1.165, 1.54) is 37.7 Å². The average Bonchev–Trinajstić information content (AvgIpc) is 3.48. The second kappa shape index (κ2) is 7.83. The molecule has 1 aromatic rings.